The van der Waals surface area contributed by atoms with Gasteiger partial charge in [0, 0.05) is 18.1 Å². The maximum atomic E-state index is 5.76. The van der Waals surface area contributed by atoms with Gasteiger partial charge >= 0.3 is 0 Å². The molecule has 3 heteroatoms. The van der Waals surface area contributed by atoms with Gasteiger partial charge < -0.3 is 5.73 Å². The summed E-state index contributed by atoms with van der Waals surface area (Å²) >= 11 is 0. The van der Waals surface area contributed by atoms with Gasteiger partial charge in [0.1, 0.15) is 11.6 Å². The van der Waals surface area contributed by atoms with Crippen molar-refractivity contribution in [1.29, 1.82) is 0 Å². The molecule has 0 aliphatic rings. The topological polar surface area (TPSA) is 51.8 Å². The molecule has 0 saturated heterocycles. The molecule has 2 N–H and O–H groups in total. The minimum absolute atomic E-state index is 0.531. The largest absolute Gasteiger partial charge is 0.384 e. The van der Waals surface area contributed by atoms with Gasteiger partial charge in [0.05, 0.1) is 5.69 Å². The number of aromatic nitrogens is 2. The molecule has 0 amide bonds. The number of hydrogen-bond acceptors (Lipinski definition) is 3. The molecule has 0 aliphatic carbocycles. The Hall–Kier alpha value is -1.90. The Kier molecular flexibility index (Phi) is 2.86. The third-order valence-corrected chi connectivity index (χ3v) is 2.42. The molecule has 0 bridgehead atoms. The molecule has 0 fully saturated rings. The molecule has 0 unspecified atom stereocenters. The normalized spacial score (nSPS) is 10.4. The fourth-order valence-electron chi connectivity index (χ4n) is 1.63. The number of nitrogens with zero attached hydrogens (tertiary/aromatic N) is 2. The third-order valence-electron chi connectivity index (χ3n) is 2.42. The van der Waals surface area contributed by atoms with Crippen LogP contribution in [-0.4, -0.2) is 9.97 Å². The van der Waals surface area contributed by atoms with Crippen LogP contribution in [-0.2, 0) is 6.42 Å². The van der Waals surface area contributed by atoms with Crippen molar-refractivity contribution in [1.82, 2.24) is 9.97 Å². The molecular weight excluding hydrogens is 198 g/mol. The van der Waals surface area contributed by atoms with Crippen LogP contribution >= 0.6 is 0 Å². The number of rotatable bonds is 2. The van der Waals surface area contributed by atoms with Crippen LogP contribution in [0.1, 0.15) is 18.3 Å². The molecule has 82 valence electrons. The van der Waals surface area contributed by atoms with Crippen LogP contribution in [0.25, 0.3) is 11.3 Å². The van der Waals surface area contributed by atoms with Crippen molar-refractivity contribution >= 4 is 5.82 Å². The number of hydrogen-bond donors (Lipinski definition) is 1. The van der Waals surface area contributed by atoms with E-state index in [2.05, 4.69) is 29.0 Å². The summed E-state index contributed by atoms with van der Waals surface area (Å²) in [6.07, 6.45) is 0.795. The molecule has 1 aromatic carbocycles. The van der Waals surface area contributed by atoms with E-state index in [0.717, 1.165) is 23.5 Å². The smallest absolute Gasteiger partial charge is 0.131 e. The van der Waals surface area contributed by atoms with E-state index in [4.69, 9.17) is 5.73 Å². The lowest BCUT2D eigenvalue weighted by Gasteiger charge is -2.05. The Balaban J connectivity index is 2.51. The van der Waals surface area contributed by atoms with Gasteiger partial charge in [-0.1, -0.05) is 30.7 Å². The predicted molar refractivity (Wildman–Crippen MR) is 66.0 cm³/mol. The molecule has 1 heterocycles. The average Bonchev–Trinajstić information content (AvgIpc) is 2.28. The fourth-order valence-corrected chi connectivity index (χ4v) is 1.63. The van der Waals surface area contributed by atoms with Gasteiger partial charge in [-0.2, -0.15) is 0 Å². The minimum Gasteiger partial charge on any atom is -0.384 e. The lowest BCUT2D eigenvalue weighted by atomic mass is 10.1. The Labute approximate surface area is 95.4 Å². The van der Waals surface area contributed by atoms with E-state index in [9.17, 15) is 0 Å². The lowest BCUT2D eigenvalue weighted by molar-refractivity contribution is 0.949. The summed E-state index contributed by atoms with van der Waals surface area (Å²) in [7, 11) is 0. The zero-order chi connectivity index (χ0) is 11.5. The van der Waals surface area contributed by atoms with E-state index in [1.54, 1.807) is 0 Å². The zero-order valence-corrected chi connectivity index (χ0v) is 9.57. The van der Waals surface area contributed by atoms with E-state index < -0.39 is 0 Å². The molecule has 0 aliphatic heterocycles. The quantitative estimate of drug-likeness (QED) is 0.834. The molecule has 0 saturated carbocycles. The van der Waals surface area contributed by atoms with Gasteiger partial charge in [-0.25, -0.2) is 9.97 Å². The highest BCUT2D eigenvalue weighted by Crippen LogP contribution is 2.19. The highest BCUT2D eigenvalue weighted by Gasteiger charge is 2.03. The Bertz CT molecular complexity index is 506. The molecule has 2 aromatic rings. The molecule has 3 nitrogen and oxygen atoms in total. The van der Waals surface area contributed by atoms with Gasteiger partial charge in [-0.05, 0) is 13.0 Å². The Morgan fingerprint density at radius 3 is 2.69 bits per heavy atom. The minimum atomic E-state index is 0.531. The summed E-state index contributed by atoms with van der Waals surface area (Å²) in [5.74, 6) is 1.32. The van der Waals surface area contributed by atoms with Gasteiger partial charge in [-0.15, -0.1) is 0 Å². The van der Waals surface area contributed by atoms with Gasteiger partial charge in [0.15, 0.2) is 0 Å². The van der Waals surface area contributed by atoms with E-state index in [0.29, 0.717) is 5.82 Å². The van der Waals surface area contributed by atoms with Crippen molar-refractivity contribution in [3.63, 3.8) is 0 Å². The zero-order valence-electron chi connectivity index (χ0n) is 9.57. The monoisotopic (exact) mass is 213 g/mol. The van der Waals surface area contributed by atoms with Crippen molar-refractivity contribution in [2.24, 2.45) is 0 Å². The fraction of sp³-hybridized carbons (Fsp3) is 0.231. The van der Waals surface area contributed by atoms with Gasteiger partial charge in [-0.3, -0.25) is 0 Å². The molecule has 16 heavy (non-hydrogen) atoms. The number of nitrogen functional groups attached to an aromatic ring is 1. The first-order valence-corrected chi connectivity index (χ1v) is 5.39. The number of aryl methyl sites for hydroxylation is 2. The standard InChI is InChI=1S/C13H15N3/c1-3-13-15-11(8-12(14)16-13)10-6-4-5-9(2)7-10/h4-8H,3H2,1-2H3,(H2,14,15,16). The summed E-state index contributed by atoms with van der Waals surface area (Å²) in [5.41, 5.74) is 8.96. The van der Waals surface area contributed by atoms with Gasteiger partial charge in [0.25, 0.3) is 0 Å². The number of anilines is 1. The first-order valence-electron chi connectivity index (χ1n) is 5.39. The molecular formula is C13H15N3. The Morgan fingerprint density at radius 2 is 2.00 bits per heavy atom. The second-order valence-electron chi connectivity index (χ2n) is 3.82. The van der Waals surface area contributed by atoms with Crippen molar-refractivity contribution < 1.29 is 0 Å². The summed E-state index contributed by atoms with van der Waals surface area (Å²) < 4.78 is 0. The number of nitrogens with two attached hydrogens (primary N) is 1. The third kappa shape index (κ3) is 2.19. The van der Waals surface area contributed by atoms with Crippen molar-refractivity contribution in [2.75, 3.05) is 5.73 Å². The first kappa shape index (κ1) is 10.6. The molecule has 0 spiro atoms. The lowest BCUT2D eigenvalue weighted by Crippen LogP contribution is -2.00. The summed E-state index contributed by atoms with van der Waals surface area (Å²) in [6.45, 7) is 4.09. The SMILES string of the molecule is CCc1nc(N)cc(-c2cccc(C)c2)n1. The van der Waals surface area contributed by atoms with Crippen LogP contribution in [0.15, 0.2) is 30.3 Å². The molecule has 2 rings (SSSR count). The Morgan fingerprint density at radius 1 is 1.19 bits per heavy atom. The highest BCUT2D eigenvalue weighted by molar-refractivity contribution is 5.62. The maximum Gasteiger partial charge on any atom is 0.131 e. The van der Waals surface area contributed by atoms with Crippen LogP contribution < -0.4 is 5.73 Å². The maximum absolute atomic E-state index is 5.76. The molecule has 0 atom stereocenters. The van der Waals surface area contributed by atoms with Crippen LogP contribution in [0.3, 0.4) is 0 Å². The molecule has 1 aromatic heterocycles. The highest BCUT2D eigenvalue weighted by atomic mass is 14.9. The summed E-state index contributed by atoms with van der Waals surface area (Å²) in [5, 5.41) is 0. The summed E-state index contributed by atoms with van der Waals surface area (Å²) in [6, 6.07) is 10.0. The van der Waals surface area contributed by atoms with Crippen molar-refractivity contribution in [3.8, 4) is 11.3 Å². The average molecular weight is 213 g/mol. The molecule has 0 radical (unpaired) electrons. The van der Waals surface area contributed by atoms with Crippen molar-refractivity contribution in [3.05, 3.63) is 41.7 Å². The van der Waals surface area contributed by atoms with Crippen LogP contribution in [0.5, 0.6) is 0 Å². The van der Waals surface area contributed by atoms with E-state index >= 15 is 0 Å². The first-order chi connectivity index (χ1) is 7.69. The second-order valence-corrected chi connectivity index (χ2v) is 3.82. The van der Waals surface area contributed by atoms with E-state index in [-0.39, 0.29) is 0 Å². The van der Waals surface area contributed by atoms with Crippen molar-refractivity contribution in [2.45, 2.75) is 20.3 Å². The number of benzene rings is 1. The predicted octanol–water partition coefficient (Wildman–Crippen LogP) is 2.60. The van der Waals surface area contributed by atoms with E-state index in [1.165, 1.54) is 5.56 Å². The van der Waals surface area contributed by atoms with Crippen LogP contribution in [0.2, 0.25) is 0 Å². The summed E-state index contributed by atoms with van der Waals surface area (Å²) in [4.78, 5) is 8.64. The van der Waals surface area contributed by atoms with Crippen LogP contribution in [0.4, 0.5) is 5.82 Å². The second kappa shape index (κ2) is 4.31. The van der Waals surface area contributed by atoms with Gasteiger partial charge in [0.2, 0.25) is 0 Å². The van der Waals surface area contributed by atoms with E-state index in [1.807, 2.05) is 25.1 Å². The van der Waals surface area contributed by atoms with Crippen LogP contribution in [0, 0.1) is 6.92 Å².